The van der Waals surface area contributed by atoms with E-state index in [1.165, 1.54) is 18.3 Å². The average Bonchev–Trinajstić information content (AvgIpc) is 3.13. The third-order valence-electron chi connectivity index (χ3n) is 3.45. The van der Waals surface area contributed by atoms with Crippen LogP contribution in [0.25, 0.3) is 0 Å². The lowest BCUT2D eigenvalue weighted by molar-refractivity contribution is -0.123. The molecule has 132 valence electrons. The van der Waals surface area contributed by atoms with Crippen molar-refractivity contribution in [1.29, 1.82) is 0 Å². The predicted octanol–water partition coefficient (Wildman–Crippen LogP) is 1.34. The zero-order valence-electron chi connectivity index (χ0n) is 14.0. The molecule has 3 amide bonds. The summed E-state index contributed by atoms with van der Waals surface area (Å²) in [5, 5.41) is 9.96. The largest absolute Gasteiger partial charge is 0.355 e. The van der Waals surface area contributed by atoms with Crippen molar-refractivity contribution in [3.8, 4) is 0 Å². The molecular formula is C18H21N3O3S. The summed E-state index contributed by atoms with van der Waals surface area (Å²) in [5.41, 5.74) is 0.955. The van der Waals surface area contributed by atoms with E-state index in [0.29, 0.717) is 24.4 Å². The first-order valence-electron chi connectivity index (χ1n) is 7.96. The van der Waals surface area contributed by atoms with Gasteiger partial charge in [0.1, 0.15) is 6.04 Å². The first-order valence-corrected chi connectivity index (χ1v) is 8.84. The number of benzene rings is 1. The molecule has 0 spiro atoms. The summed E-state index contributed by atoms with van der Waals surface area (Å²) in [5.74, 6) is -0.701. The highest BCUT2D eigenvalue weighted by molar-refractivity contribution is 7.12. The molecule has 3 N–H and O–H groups in total. The number of amides is 3. The number of hydrogen-bond acceptors (Lipinski definition) is 4. The molecule has 0 bridgehead atoms. The van der Waals surface area contributed by atoms with Gasteiger partial charge in [0.05, 0.1) is 4.88 Å². The molecule has 0 saturated heterocycles. The van der Waals surface area contributed by atoms with Gasteiger partial charge in [-0.05, 0) is 17.0 Å². The standard InChI is InChI=1S/C18H21N3O3S/c1-13(22)19-9-10-20-17(23)15(12-14-6-3-2-4-7-14)21-18(24)16-8-5-11-25-16/h2-8,11,15H,9-10,12H2,1H3,(H,19,22)(H,20,23)(H,21,24)/t15-/m1/s1. The number of thiophene rings is 1. The molecule has 2 rings (SSSR count). The van der Waals surface area contributed by atoms with Crippen molar-refractivity contribution in [2.75, 3.05) is 13.1 Å². The highest BCUT2D eigenvalue weighted by atomic mass is 32.1. The second-order valence-electron chi connectivity index (χ2n) is 5.47. The van der Waals surface area contributed by atoms with Gasteiger partial charge in [0, 0.05) is 26.4 Å². The van der Waals surface area contributed by atoms with Crippen LogP contribution in [0, 0.1) is 0 Å². The first kappa shape index (κ1) is 18.7. The summed E-state index contributed by atoms with van der Waals surface area (Å²) in [4.78, 5) is 36.2. The Balaban J connectivity index is 1.99. The highest BCUT2D eigenvalue weighted by Crippen LogP contribution is 2.10. The van der Waals surface area contributed by atoms with Crippen LogP contribution in [0.2, 0.25) is 0 Å². The quantitative estimate of drug-likeness (QED) is 0.622. The van der Waals surface area contributed by atoms with Gasteiger partial charge in [0.25, 0.3) is 5.91 Å². The van der Waals surface area contributed by atoms with E-state index in [1.54, 1.807) is 12.1 Å². The van der Waals surface area contributed by atoms with Crippen LogP contribution in [0.4, 0.5) is 0 Å². The van der Waals surface area contributed by atoms with Crippen LogP contribution in [0.5, 0.6) is 0 Å². The van der Waals surface area contributed by atoms with Crippen LogP contribution in [-0.2, 0) is 16.0 Å². The summed E-state index contributed by atoms with van der Waals surface area (Å²) in [7, 11) is 0. The van der Waals surface area contributed by atoms with Gasteiger partial charge in [-0.3, -0.25) is 14.4 Å². The van der Waals surface area contributed by atoms with Crippen LogP contribution in [0.15, 0.2) is 47.8 Å². The maximum Gasteiger partial charge on any atom is 0.262 e. The minimum Gasteiger partial charge on any atom is -0.355 e. The molecule has 1 heterocycles. The van der Waals surface area contributed by atoms with Crippen molar-refractivity contribution in [3.63, 3.8) is 0 Å². The molecule has 0 aliphatic heterocycles. The molecule has 2 aromatic rings. The molecule has 0 aliphatic carbocycles. The van der Waals surface area contributed by atoms with Crippen LogP contribution in [0.3, 0.4) is 0 Å². The molecule has 0 fully saturated rings. The van der Waals surface area contributed by atoms with Crippen LogP contribution in [0.1, 0.15) is 22.2 Å². The minimum absolute atomic E-state index is 0.152. The van der Waals surface area contributed by atoms with Crippen LogP contribution in [-0.4, -0.2) is 36.9 Å². The Bertz CT molecular complexity index is 702. The maximum atomic E-state index is 12.5. The van der Waals surface area contributed by atoms with Crippen molar-refractivity contribution in [2.45, 2.75) is 19.4 Å². The highest BCUT2D eigenvalue weighted by Gasteiger charge is 2.22. The predicted molar refractivity (Wildman–Crippen MR) is 97.4 cm³/mol. The smallest absolute Gasteiger partial charge is 0.262 e. The lowest BCUT2D eigenvalue weighted by atomic mass is 10.1. The van der Waals surface area contributed by atoms with Crippen molar-refractivity contribution in [2.24, 2.45) is 0 Å². The minimum atomic E-state index is -0.686. The van der Waals surface area contributed by atoms with Gasteiger partial charge in [-0.15, -0.1) is 11.3 Å². The molecule has 0 radical (unpaired) electrons. The van der Waals surface area contributed by atoms with E-state index in [9.17, 15) is 14.4 Å². The third kappa shape index (κ3) is 6.39. The monoisotopic (exact) mass is 359 g/mol. The van der Waals surface area contributed by atoms with Crippen LogP contribution >= 0.6 is 11.3 Å². The molecule has 1 aromatic carbocycles. The number of carbonyl (C=O) groups is 3. The second kappa shape index (κ2) is 9.58. The molecule has 6 nitrogen and oxygen atoms in total. The number of rotatable bonds is 8. The molecule has 0 unspecified atom stereocenters. The summed E-state index contributed by atoms with van der Waals surface area (Å²) in [6.45, 7) is 2.07. The molecule has 7 heteroatoms. The Morgan fingerprint density at radius 2 is 1.72 bits per heavy atom. The number of nitrogens with one attached hydrogen (secondary N) is 3. The van der Waals surface area contributed by atoms with E-state index < -0.39 is 6.04 Å². The molecule has 1 aromatic heterocycles. The fourth-order valence-corrected chi connectivity index (χ4v) is 2.87. The van der Waals surface area contributed by atoms with E-state index in [0.717, 1.165) is 5.56 Å². The third-order valence-corrected chi connectivity index (χ3v) is 4.32. The zero-order valence-corrected chi connectivity index (χ0v) is 14.8. The van der Waals surface area contributed by atoms with Crippen molar-refractivity contribution in [3.05, 3.63) is 58.3 Å². The van der Waals surface area contributed by atoms with Gasteiger partial charge < -0.3 is 16.0 Å². The summed E-state index contributed by atoms with van der Waals surface area (Å²) in [6.07, 6.45) is 0.393. The van der Waals surface area contributed by atoms with Gasteiger partial charge in [0.2, 0.25) is 11.8 Å². The summed E-state index contributed by atoms with van der Waals surface area (Å²) >= 11 is 1.32. The van der Waals surface area contributed by atoms with Crippen LogP contribution < -0.4 is 16.0 Å². The molecular weight excluding hydrogens is 338 g/mol. The molecule has 0 saturated carbocycles. The number of carbonyl (C=O) groups excluding carboxylic acids is 3. The Morgan fingerprint density at radius 1 is 1.00 bits per heavy atom. The molecule has 1 atom stereocenters. The van der Waals surface area contributed by atoms with Gasteiger partial charge in [-0.2, -0.15) is 0 Å². The van der Waals surface area contributed by atoms with E-state index >= 15 is 0 Å². The average molecular weight is 359 g/mol. The van der Waals surface area contributed by atoms with E-state index in [-0.39, 0.29) is 17.7 Å². The normalized spacial score (nSPS) is 11.4. The van der Waals surface area contributed by atoms with Crippen molar-refractivity contribution < 1.29 is 14.4 Å². The zero-order chi connectivity index (χ0) is 18.1. The summed E-state index contributed by atoms with van der Waals surface area (Å²) < 4.78 is 0. The Labute approximate surface area is 150 Å². The second-order valence-corrected chi connectivity index (χ2v) is 6.41. The summed E-state index contributed by atoms with van der Waals surface area (Å²) in [6, 6.07) is 12.3. The first-order chi connectivity index (χ1) is 12.1. The van der Waals surface area contributed by atoms with Gasteiger partial charge in [0.15, 0.2) is 0 Å². The SMILES string of the molecule is CC(=O)NCCNC(=O)[C@@H](Cc1ccccc1)NC(=O)c1cccs1. The molecule has 0 aliphatic rings. The maximum absolute atomic E-state index is 12.5. The van der Waals surface area contributed by atoms with Gasteiger partial charge in [-0.1, -0.05) is 36.4 Å². The fourth-order valence-electron chi connectivity index (χ4n) is 2.24. The van der Waals surface area contributed by atoms with Gasteiger partial charge in [-0.25, -0.2) is 0 Å². The Kier molecular flexibility index (Phi) is 7.16. The Morgan fingerprint density at radius 3 is 2.36 bits per heavy atom. The Hall–Kier alpha value is -2.67. The van der Waals surface area contributed by atoms with E-state index in [2.05, 4.69) is 16.0 Å². The topological polar surface area (TPSA) is 87.3 Å². The fraction of sp³-hybridized carbons (Fsp3) is 0.278. The van der Waals surface area contributed by atoms with Crippen molar-refractivity contribution in [1.82, 2.24) is 16.0 Å². The molecule has 25 heavy (non-hydrogen) atoms. The van der Waals surface area contributed by atoms with E-state index in [4.69, 9.17) is 0 Å². The lowest BCUT2D eigenvalue weighted by Gasteiger charge is -2.18. The van der Waals surface area contributed by atoms with Gasteiger partial charge >= 0.3 is 0 Å². The van der Waals surface area contributed by atoms with Crippen molar-refractivity contribution >= 4 is 29.1 Å². The lowest BCUT2D eigenvalue weighted by Crippen LogP contribution is -2.49. The van der Waals surface area contributed by atoms with E-state index in [1.807, 2.05) is 35.7 Å². The number of hydrogen-bond donors (Lipinski definition) is 3.